The monoisotopic (exact) mass is 675 g/mol. The number of carbonyl (C=O) groups is 3. The molecule has 7 atom stereocenters. The highest BCUT2D eigenvalue weighted by molar-refractivity contribution is 6.48. The van der Waals surface area contributed by atoms with Crippen molar-refractivity contribution in [1.82, 2.24) is 21.0 Å². The Morgan fingerprint density at radius 1 is 1.15 bits per heavy atom. The predicted octanol–water partition coefficient (Wildman–Crippen LogP) is 2.96. The number of guanidine groups is 1. The van der Waals surface area contributed by atoms with Crippen molar-refractivity contribution in [1.29, 1.82) is 0 Å². The van der Waals surface area contributed by atoms with Crippen molar-refractivity contribution in [2.75, 3.05) is 13.1 Å². The molecule has 0 aromatic rings. The van der Waals surface area contributed by atoms with Crippen molar-refractivity contribution in [3.63, 3.8) is 0 Å². The van der Waals surface area contributed by atoms with Crippen molar-refractivity contribution < 1.29 is 28.7 Å². The molecule has 0 radical (unpaired) electrons. The SMILES string of the molecule is CC(C)C[C@H](NC(=O)[C@H](CCCN=C(N)N[N+](=O)[O-])NC(=O)C1CCCCN1C(=O)CC(C)(C)C)B1O[C@@H]2C[C@H]3C[C@H](C3(C)C)[C@]2(C)O1. The number of hydrogen-bond acceptors (Lipinski definition) is 8. The number of hydrazine groups is 1. The molecule has 3 amide bonds. The van der Waals surface area contributed by atoms with E-state index in [1.54, 1.807) is 10.3 Å². The topological polar surface area (TPSA) is 191 Å². The van der Waals surface area contributed by atoms with Gasteiger partial charge in [0.25, 0.3) is 5.96 Å². The van der Waals surface area contributed by atoms with Crippen LogP contribution in [0.1, 0.15) is 113 Å². The summed E-state index contributed by atoms with van der Waals surface area (Å²) in [5.74, 6) is -0.423. The molecule has 2 heterocycles. The van der Waals surface area contributed by atoms with Crippen molar-refractivity contribution in [3.05, 3.63) is 10.1 Å². The standard InChI is InChI=1S/C33H58BN7O7/c1-20(2)16-26(34-47-25-18-21-17-24(32(21,6)7)33(25,8)48-34)38-28(43)22(12-11-14-36-30(35)39-41(45)46)37-29(44)23-13-9-10-15-40(23)27(42)19-31(3,4)5/h20-26H,9-19H2,1-8H3,(H,37,44)(H,38,43)(H3,35,36,39)/t21-,22+,23?,24-,25-,26+,33+/m1/s1. The Morgan fingerprint density at radius 3 is 2.48 bits per heavy atom. The van der Waals surface area contributed by atoms with Crippen LogP contribution in [0.4, 0.5) is 0 Å². The van der Waals surface area contributed by atoms with E-state index >= 15 is 0 Å². The van der Waals surface area contributed by atoms with Crippen LogP contribution in [-0.2, 0) is 23.7 Å². The van der Waals surface area contributed by atoms with Crippen LogP contribution in [0, 0.1) is 38.7 Å². The summed E-state index contributed by atoms with van der Waals surface area (Å²) in [6.45, 7) is 17.5. The number of nitrogens with zero attached hydrogens (tertiary/aromatic N) is 3. The highest BCUT2D eigenvalue weighted by Gasteiger charge is 2.68. The lowest BCUT2D eigenvalue weighted by Crippen LogP contribution is -2.65. The smallest absolute Gasteiger partial charge is 0.404 e. The van der Waals surface area contributed by atoms with Gasteiger partial charge in [0.15, 0.2) is 5.03 Å². The van der Waals surface area contributed by atoms with Gasteiger partial charge in [-0.25, -0.2) is 15.1 Å². The fourth-order valence-corrected chi connectivity index (χ4v) is 8.32. The van der Waals surface area contributed by atoms with Crippen LogP contribution >= 0.6 is 0 Å². The van der Waals surface area contributed by atoms with E-state index in [4.69, 9.17) is 15.0 Å². The molecule has 2 bridgehead atoms. The third-order valence-corrected chi connectivity index (χ3v) is 10.9. The number of carbonyl (C=O) groups excluding carboxylic acids is 3. The Kier molecular flexibility index (Phi) is 11.8. The molecule has 0 spiro atoms. The maximum Gasteiger partial charge on any atom is 0.481 e. The van der Waals surface area contributed by atoms with E-state index in [1.165, 1.54) is 0 Å². The molecule has 5 N–H and O–H groups in total. The number of nitrogens with one attached hydrogen (secondary N) is 3. The van der Waals surface area contributed by atoms with Crippen molar-refractivity contribution in [2.45, 2.75) is 143 Å². The van der Waals surface area contributed by atoms with Crippen molar-refractivity contribution >= 4 is 30.8 Å². The quantitative estimate of drug-likeness (QED) is 0.0568. The van der Waals surface area contributed by atoms with Crippen molar-refractivity contribution in [3.8, 4) is 0 Å². The molecule has 2 saturated heterocycles. The summed E-state index contributed by atoms with van der Waals surface area (Å²) in [4.78, 5) is 57.5. The summed E-state index contributed by atoms with van der Waals surface area (Å²) < 4.78 is 13.3. The number of rotatable bonds is 13. The first-order valence-corrected chi connectivity index (χ1v) is 17.8. The first-order valence-electron chi connectivity index (χ1n) is 17.8. The van der Waals surface area contributed by atoms with Crippen LogP contribution in [0.3, 0.4) is 0 Å². The van der Waals surface area contributed by atoms with Crippen LogP contribution in [0.15, 0.2) is 4.99 Å². The predicted molar refractivity (Wildman–Crippen MR) is 183 cm³/mol. The average molecular weight is 676 g/mol. The van der Waals surface area contributed by atoms with Crippen LogP contribution in [-0.4, -0.2) is 83.6 Å². The molecule has 14 nitrogen and oxygen atoms in total. The van der Waals surface area contributed by atoms with Crippen LogP contribution in [0.25, 0.3) is 0 Å². The Balaban J connectivity index is 1.50. The van der Waals surface area contributed by atoms with E-state index in [2.05, 4.69) is 50.2 Å². The number of likely N-dealkylation sites (tertiary alicyclic amines) is 1. The summed E-state index contributed by atoms with van der Waals surface area (Å²) in [5, 5.41) is 16.0. The number of amides is 3. The Labute approximate surface area is 285 Å². The summed E-state index contributed by atoms with van der Waals surface area (Å²) in [7, 11) is -0.626. The molecule has 270 valence electrons. The van der Waals surface area contributed by atoms with Gasteiger partial charge in [-0.15, -0.1) is 0 Å². The van der Waals surface area contributed by atoms with E-state index in [0.717, 1.165) is 25.7 Å². The number of nitro groups is 1. The van der Waals surface area contributed by atoms with E-state index in [1.807, 2.05) is 20.8 Å². The second-order valence-electron chi connectivity index (χ2n) is 16.8. The minimum absolute atomic E-state index is 0.0413. The minimum Gasteiger partial charge on any atom is -0.404 e. The third-order valence-electron chi connectivity index (χ3n) is 10.9. The van der Waals surface area contributed by atoms with Crippen molar-refractivity contribution in [2.24, 2.45) is 39.3 Å². The molecular formula is C33H58BN7O7. The zero-order valence-electron chi connectivity index (χ0n) is 30.2. The third kappa shape index (κ3) is 8.80. The summed E-state index contributed by atoms with van der Waals surface area (Å²) in [6, 6.07) is -1.62. The molecule has 0 aromatic carbocycles. The van der Waals surface area contributed by atoms with Gasteiger partial charge in [0.2, 0.25) is 17.7 Å². The van der Waals surface area contributed by atoms with E-state index < -0.39 is 35.8 Å². The largest absolute Gasteiger partial charge is 0.481 e. The van der Waals surface area contributed by atoms with Crippen LogP contribution in [0.2, 0.25) is 0 Å². The number of aliphatic imine (C=N–C) groups is 1. The lowest BCUT2D eigenvalue weighted by atomic mass is 9.43. The Morgan fingerprint density at radius 2 is 1.85 bits per heavy atom. The summed E-state index contributed by atoms with van der Waals surface area (Å²) >= 11 is 0. The van der Waals surface area contributed by atoms with Crippen LogP contribution < -0.4 is 21.8 Å². The Bertz CT molecular complexity index is 1240. The zero-order chi connectivity index (χ0) is 35.6. The van der Waals surface area contributed by atoms with Gasteiger partial charge in [-0.3, -0.25) is 14.4 Å². The fourth-order valence-electron chi connectivity index (χ4n) is 8.32. The number of piperidine rings is 1. The number of hydrogen-bond donors (Lipinski definition) is 4. The van der Waals surface area contributed by atoms with E-state index in [9.17, 15) is 24.5 Å². The lowest BCUT2D eigenvalue weighted by Gasteiger charge is -2.64. The average Bonchev–Trinajstić information content (AvgIpc) is 3.34. The molecule has 5 rings (SSSR count). The molecule has 0 aromatic heterocycles. The molecule has 15 heteroatoms. The lowest BCUT2D eigenvalue weighted by molar-refractivity contribution is -0.525. The van der Waals surface area contributed by atoms with Gasteiger partial charge in [-0.1, -0.05) is 53.9 Å². The van der Waals surface area contributed by atoms with Crippen LogP contribution in [0.5, 0.6) is 0 Å². The molecule has 48 heavy (non-hydrogen) atoms. The van der Waals surface area contributed by atoms with Gasteiger partial charge in [0.05, 0.1) is 17.6 Å². The second kappa shape index (κ2) is 14.9. The normalized spacial score (nSPS) is 29.4. The van der Waals surface area contributed by atoms with Gasteiger partial charge < -0.3 is 30.6 Å². The zero-order valence-corrected chi connectivity index (χ0v) is 30.2. The molecule has 3 aliphatic carbocycles. The molecule has 1 unspecified atom stereocenters. The number of nitrogens with two attached hydrogens (primary N) is 1. The van der Waals surface area contributed by atoms with Gasteiger partial charge in [-0.05, 0) is 86.9 Å². The van der Waals surface area contributed by atoms with Gasteiger partial charge in [0, 0.05) is 19.5 Å². The van der Waals surface area contributed by atoms with E-state index in [0.29, 0.717) is 44.1 Å². The maximum absolute atomic E-state index is 14.1. The molecular weight excluding hydrogens is 617 g/mol. The van der Waals surface area contributed by atoms with E-state index in [-0.39, 0.29) is 59.5 Å². The van der Waals surface area contributed by atoms with Gasteiger partial charge >= 0.3 is 7.12 Å². The second-order valence-corrected chi connectivity index (χ2v) is 16.8. The first-order chi connectivity index (χ1) is 22.3. The first kappa shape index (κ1) is 37.9. The minimum atomic E-state index is -0.945. The maximum atomic E-state index is 14.1. The summed E-state index contributed by atoms with van der Waals surface area (Å²) in [5.41, 5.74) is 6.89. The summed E-state index contributed by atoms with van der Waals surface area (Å²) in [6.07, 6.45) is 5.59. The van der Waals surface area contributed by atoms with Gasteiger partial charge in [0.1, 0.15) is 12.1 Å². The molecule has 2 aliphatic heterocycles. The molecule has 5 aliphatic rings. The Hall–Kier alpha value is -2.94. The van der Waals surface area contributed by atoms with Gasteiger partial charge in [-0.2, -0.15) is 0 Å². The molecule has 3 saturated carbocycles. The highest BCUT2D eigenvalue weighted by atomic mass is 16.7. The highest BCUT2D eigenvalue weighted by Crippen LogP contribution is 2.65. The fraction of sp³-hybridized carbons (Fsp3) is 0.879. The molecule has 5 fully saturated rings.